The van der Waals surface area contributed by atoms with Gasteiger partial charge in [0.2, 0.25) is 0 Å². The molecular formula is C10H18N4O. The van der Waals surface area contributed by atoms with Crippen LogP contribution in [-0.4, -0.2) is 36.3 Å². The summed E-state index contributed by atoms with van der Waals surface area (Å²) in [6, 6.07) is 2.10. The molecule has 0 bridgehead atoms. The molecule has 15 heavy (non-hydrogen) atoms. The van der Waals surface area contributed by atoms with E-state index in [0.717, 1.165) is 18.2 Å². The summed E-state index contributed by atoms with van der Waals surface area (Å²) < 4.78 is 5.30. The smallest absolute Gasteiger partial charge is 0.131 e. The van der Waals surface area contributed by atoms with Crippen molar-refractivity contribution >= 4 is 11.6 Å². The van der Waals surface area contributed by atoms with Crippen LogP contribution in [0.1, 0.15) is 13.8 Å². The van der Waals surface area contributed by atoms with Gasteiger partial charge in [0.15, 0.2) is 0 Å². The highest BCUT2D eigenvalue weighted by molar-refractivity contribution is 5.46. The minimum atomic E-state index is 0.240. The predicted octanol–water partition coefficient (Wildman–Crippen LogP) is 1.36. The topological polar surface area (TPSA) is 59.1 Å². The van der Waals surface area contributed by atoms with E-state index in [4.69, 9.17) is 4.74 Å². The van der Waals surface area contributed by atoms with Crippen LogP contribution in [0.3, 0.4) is 0 Å². The maximum Gasteiger partial charge on any atom is 0.131 e. The van der Waals surface area contributed by atoms with Crippen molar-refractivity contribution in [1.82, 2.24) is 9.97 Å². The van der Waals surface area contributed by atoms with Gasteiger partial charge in [-0.05, 0) is 13.8 Å². The van der Waals surface area contributed by atoms with E-state index in [0.29, 0.717) is 6.61 Å². The van der Waals surface area contributed by atoms with Crippen molar-refractivity contribution in [2.45, 2.75) is 19.9 Å². The van der Waals surface area contributed by atoms with Crippen molar-refractivity contribution in [2.24, 2.45) is 0 Å². The molecule has 0 radical (unpaired) electrons. The van der Waals surface area contributed by atoms with Gasteiger partial charge in [-0.3, -0.25) is 0 Å². The molecule has 1 unspecified atom stereocenters. The molecule has 1 aromatic rings. The molecule has 0 aliphatic rings. The second-order valence-corrected chi connectivity index (χ2v) is 3.24. The number of hydrogen-bond donors (Lipinski definition) is 2. The maximum absolute atomic E-state index is 5.30. The molecule has 1 heterocycles. The molecular weight excluding hydrogens is 192 g/mol. The Morgan fingerprint density at radius 1 is 1.40 bits per heavy atom. The quantitative estimate of drug-likeness (QED) is 0.742. The first kappa shape index (κ1) is 11.7. The fourth-order valence-corrected chi connectivity index (χ4v) is 1.16. The summed E-state index contributed by atoms with van der Waals surface area (Å²) in [5.41, 5.74) is 0. The highest BCUT2D eigenvalue weighted by Gasteiger charge is 2.03. The Hall–Kier alpha value is -1.36. The average molecular weight is 210 g/mol. The van der Waals surface area contributed by atoms with Gasteiger partial charge in [-0.2, -0.15) is 0 Å². The molecule has 0 aliphatic heterocycles. The zero-order chi connectivity index (χ0) is 11.1. The third-order valence-corrected chi connectivity index (χ3v) is 1.89. The minimum absolute atomic E-state index is 0.240. The summed E-state index contributed by atoms with van der Waals surface area (Å²) >= 11 is 0. The molecule has 0 amide bonds. The van der Waals surface area contributed by atoms with Crippen molar-refractivity contribution < 1.29 is 4.74 Å². The SMILES string of the molecule is CCOCC(C)Nc1cc(NC)ncn1. The van der Waals surface area contributed by atoms with Crippen molar-refractivity contribution in [1.29, 1.82) is 0 Å². The number of ether oxygens (including phenoxy) is 1. The molecule has 0 aromatic carbocycles. The summed E-state index contributed by atoms with van der Waals surface area (Å²) in [7, 11) is 1.83. The summed E-state index contributed by atoms with van der Waals surface area (Å²) in [5, 5.41) is 6.20. The van der Waals surface area contributed by atoms with Gasteiger partial charge < -0.3 is 15.4 Å². The molecule has 5 heteroatoms. The molecule has 0 fully saturated rings. The largest absolute Gasteiger partial charge is 0.380 e. The summed E-state index contributed by atoms with van der Waals surface area (Å²) in [6.45, 7) is 5.44. The predicted molar refractivity (Wildman–Crippen MR) is 61.2 cm³/mol. The van der Waals surface area contributed by atoms with Gasteiger partial charge in [-0.25, -0.2) is 9.97 Å². The molecule has 1 atom stereocenters. The van der Waals surface area contributed by atoms with Crippen LogP contribution in [0.4, 0.5) is 11.6 Å². The van der Waals surface area contributed by atoms with Crippen LogP contribution in [-0.2, 0) is 4.74 Å². The highest BCUT2D eigenvalue weighted by atomic mass is 16.5. The van der Waals surface area contributed by atoms with Crippen LogP contribution in [0.2, 0.25) is 0 Å². The first-order valence-electron chi connectivity index (χ1n) is 5.10. The van der Waals surface area contributed by atoms with Crippen LogP contribution in [0, 0.1) is 0 Å². The molecule has 0 saturated heterocycles. The zero-order valence-corrected chi connectivity index (χ0v) is 9.45. The third kappa shape index (κ3) is 4.12. The van der Waals surface area contributed by atoms with Crippen molar-refractivity contribution in [3.63, 3.8) is 0 Å². The Balaban J connectivity index is 2.48. The first-order chi connectivity index (χ1) is 7.26. The fourth-order valence-electron chi connectivity index (χ4n) is 1.16. The number of nitrogens with zero attached hydrogens (tertiary/aromatic N) is 2. The van der Waals surface area contributed by atoms with Crippen LogP contribution < -0.4 is 10.6 Å². The lowest BCUT2D eigenvalue weighted by Gasteiger charge is -2.14. The standard InChI is InChI=1S/C10H18N4O/c1-4-15-6-8(2)14-10-5-9(11-3)12-7-13-10/h5,7-8H,4,6H2,1-3H3,(H2,11,12,13,14). The Kier molecular flexibility index (Phi) is 4.83. The van der Waals surface area contributed by atoms with Crippen molar-refractivity contribution in [2.75, 3.05) is 30.9 Å². The Bertz CT molecular complexity index is 293. The number of aromatic nitrogens is 2. The molecule has 0 spiro atoms. The minimum Gasteiger partial charge on any atom is -0.380 e. The van der Waals surface area contributed by atoms with Crippen molar-refractivity contribution in [3.8, 4) is 0 Å². The van der Waals surface area contributed by atoms with E-state index < -0.39 is 0 Å². The Labute approximate surface area is 90.3 Å². The zero-order valence-electron chi connectivity index (χ0n) is 9.45. The van der Waals surface area contributed by atoms with Gasteiger partial charge in [0, 0.05) is 25.8 Å². The fraction of sp³-hybridized carbons (Fsp3) is 0.600. The Morgan fingerprint density at radius 2 is 2.13 bits per heavy atom. The van der Waals surface area contributed by atoms with Crippen LogP contribution in [0.15, 0.2) is 12.4 Å². The second kappa shape index (κ2) is 6.19. The van der Waals surface area contributed by atoms with Crippen molar-refractivity contribution in [3.05, 3.63) is 12.4 Å². The molecule has 1 rings (SSSR count). The number of nitrogens with one attached hydrogen (secondary N) is 2. The molecule has 2 N–H and O–H groups in total. The third-order valence-electron chi connectivity index (χ3n) is 1.89. The number of anilines is 2. The average Bonchev–Trinajstić information content (AvgIpc) is 2.26. The van der Waals surface area contributed by atoms with E-state index in [1.165, 1.54) is 6.33 Å². The van der Waals surface area contributed by atoms with Gasteiger partial charge in [0.05, 0.1) is 6.61 Å². The monoisotopic (exact) mass is 210 g/mol. The second-order valence-electron chi connectivity index (χ2n) is 3.24. The lowest BCUT2D eigenvalue weighted by Crippen LogP contribution is -2.22. The molecule has 84 valence electrons. The molecule has 0 aliphatic carbocycles. The van der Waals surface area contributed by atoms with E-state index in [2.05, 4.69) is 27.5 Å². The van der Waals surface area contributed by atoms with Crippen LogP contribution in [0.25, 0.3) is 0 Å². The molecule has 0 saturated carbocycles. The van der Waals surface area contributed by atoms with E-state index in [1.807, 2.05) is 20.0 Å². The highest BCUT2D eigenvalue weighted by Crippen LogP contribution is 2.08. The van der Waals surface area contributed by atoms with Gasteiger partial charge in [0.1, 0.15) is 18.0 Å². The van der Waals surface area contributed by atoms with Gasteiger partial charge in [-0.1, -0.05) is 0 Å². The Morgan fingerprint density at radius 3 is 2.80 bits per heavy atom. The van der Waals surface area contributed by atoms with Gasteiger partial charge in [-0.15, -0.1) is 0 Å². The van der Waals surface area contributed by atoms with E-state index in [1.54, 1.807) is 0 Å². The summed E-state index contributed by atoms with van der Waals surface area (Å²) in [4.78, 5) is 8.15. The number of rotatable bonds is 6. The molecule has 1 aromatic heterocycles. The summed E-state index contributed by atoms with van der Waals surface area (Å²) in [5.74, 6) is 1.61. The normalized spacial score (nSPS) is 12.2. The van der Waals surface area contributed by atoms with E-state index >= 15 is 0 Å². The van der Waals surface area contributed by atoms with E-state index in [9.17, 15) is 0 Å². The number of hydrogen-bond acceptors (Lipinski definition) is 5. The van der Waals surface area contributed by atoms with Crippen LogP contribution >= 0.6 is 0 Å². The summed E-state index contributed by atoms with van der Waals surface area (Å²) in [6.07, 6.45) is 1.53. The first-order valence-corrected chi connectivity index (χ1v) is 5.10. The van der Waals surface area contributed by atoms with E-state index in [-0.39, 0.29) is 6.04 Å². The van der Waals surface area contributed by atoms with Crippen LogP contribution in [0.5, 0.6) is 0 Å². The lowest BCUT2D eigenvalue weighted by molar-refractivity contribution is 0.141. The lowest BCUT2D eigenvalue weighted by atomic mass is 10.3. The molecule has 5 nitrogen and oxygen atoms in total. The van der Waals surface area contributed by atoms with Gasteiger partial charge >= 0.3 is 0 Å². The maximum atomic E-state index is 5.30. The van der Waals surface area contributed by atoms with Gasteiger partial charge in [0.25, 0.3) is 0 Å².